The number of nitrogens with zero attached hydrogens (tertiary/aromatic N) is 1. The van der Waals surface area contributed by atoms with Gasteiger partial charge in [-0.15, -0.1) is 6.58 Å². The van der Waals surface area contributed by atoms with Gasteiger partial charge in [0.1, 0.15) is 23.2 Å². The largest absolute Gasteiger partial charge is 0.487 e. The standard InChI is InChI=1S/C17H17ClFNO2/c1-4-7-20-12(3)9-15(16(18)17(20)21)22-10-13-6-5-11(2)8-14(13)19/h4-6,8-9H,1,7,10H2,2-3H3. The Hall–Kier alpha value is -2.07. The Balaban J connectivity index is 2.27. The van der Waals surface area contributed by atoms with Gasteiger partial charge < -0.3 is 9.30 Å². The third-order valence-corrected chi connectivity index (χ3v) is 3.67. The van der Waals surface area contributed by atoms with Gasteiger partial charge in [0.2, 0.25) is 0 Å². The smallest absolute Gasteiger partial charge is 0.273 e. The van der Waals surface area contributed by atoms with E-state index in [-0.39, 0.29) is 28.8 Å². The van der Waals surface area contributed by atoms with Gasteiger partial charge in [0.25, 0.3) is 5.56 Å². The van der Waals surface area contributed by atoms with Crippen molar-refractivity contribution < 1.29 is 9.13 Å². The maximum absolute atomic E-state index is 13.8. The zero-order valence-corrected chi connectivity index (χ0v) is 13.3. The maximum atomic E-state index is 13.8. The average molecular weight is 322 g/mol. The number of aryl methyl sites for hydroxylation is 2. The fourth-order valence-corrected chi connectivity index (χ4v) is 2.31. The molecule has 0 saturated heterocycles. The van der Waals surface area contributed by atoms with Gasteiger partial charge >= 0.3 is 0 Å². The second kappa shape index (κ2) is 6.79. The molecule has 1 aromatic heterocycles. The van der Waals surface area contributed by atoms with E-state index in [1.54, 1.807) is 31.2 Å². The van der Waals surface area contributed by atoms with Crippen molar-refractivity contribution in [2.24, 2.45) is 0 Å². The van der Waals surface area contributed by atoms with E-state index < -0.39 is 0 Å². The summed E-state index contributed by atoms with van der Waals surface area (Å²) in [6.45, 7) is 7.58. The van der Waals surface area contributed by atoms with E-state index in [0.717, 1.165) is 5.56 Å². The number of hydrogen-bond acceptors (Lipinski definition) is 2. The first-order chi connectivity index (χ1) is 10.4. The van der Waals surface area contributed by atoms with Crippen molar-refractivity contribution in [3.8, 4) is 5.75 Å². The second-order valence-electron chi connectivity index (χ2n) is 5.05. The van der Waals surface area contributed by atoms with E-state index in [2.05, 4.69) is 6.58 Å². The molecule has 0 unspecified atom stereocenters. The third kappa shape index (κ3) is 3.39. The molecular formula is C17H17ClFNO2. The average Bonchev–Trinajstić information content (AvgIpc) is 2.47. The number of halogens is 2. The Morgan fingerprint density at radius 3 is 2.73 bits per heavy atom. The van der Waals surface area contributed by atoms with Crippen LogP contribution < -0.4 is 10.3 Å². The lowest BCUT2D eigenvalue weighted by Crippen LogP contribution is -2.22. The molecule has 0 atom stereocenters. The first-order valence-corrected chi connectivity index (χ1v) is 7.20. The summed E-state index contributed by atoms with van der Waals surface area (Å²) in [6, 6.07) is 6.56. The molecule has 0 bridgehead atoms. The van der Waals surface area contributed by atoms with Gasteiger partial charge in [-0.1, -0.05) is 29.8 Å². The summed E-state index contributed by atoms with van der Waals surface area (Å²) in [5, 5.41) is -0.0139. The van der Waals surface area contributed by atoms with Crippen LogP contribution in [0.2, 0.25) is 5.02 Å². The summed E-state index contributed by atoms with van der Waals surface area (Å²) in [6.07, 6.45) is 1.62. The quantitative estimate of drug-likeness (QED) is 0.779. The van der Waals surface area contributed by atoms with E-state index in [9.17, 15) is 9.18 Å². The molecule has 0 N–H and O–H groups in total. The van der Waals surface area contributed by atoms with E-state index in [4.69, 9.17) is 16.3 Å². The van der Waals surface area contributed by atoms with Gasteiger partial charge in [-0.3, -0.25) is 4.79 Å². The van der Waals surface area contributed by atoms with Crippen LogP contribution in [0.1, 0.15) is 16.8 Å². The molecule has 2 rings (SSSR count). The van der Waals surface area contributed by atoms with E-state index >= 15 is 0 Å². The molecule has 116 valence electrons. The van der Waals surface area contributed by atoms with Crippen molar-refractivity contribution in [3.63, 3.8) is 0 Å². The van der Waals surface area contributed by atoms with E-state index in [1.165, 1.54) is 10.6 Å². The predicted molar refractivity (Wildman–Crippen MR) is 86.1 cm³/mol. The van der Waals surface area contributed by atoms with Crippen LogP contribution in [0.15, 0.2) is 41.7 Å². The molecule has 0 radical (unpaired) electrons. The van der Waals surface area contributed by atoms with E-state index in [1.807, 2.05) is 6.92 Å². The second-order valence-corrected chi connectivity index (χ2v) is 5.43. The molecule has 0 spiro atoms. The summed E-state index contributed by atoms with van der Waals surface area (Å²) < 4.78 is 20.8. The number of pyridine rings is 1. The van der Waals surface area contributed by atoms with Gasteiger partial charge in [-0.25, -0.2) is 4.39 Å². The minimum absolute atomic E-state index is 0.0101. The summed E-state index contributed by atoms with van der Waals surface area (Å²) in [7, 11) is 0. The molecule has 0 aliphatic heterocycles. The lowest BCUT2D eigenvalue weighted by molar-refractivity contribution is 0.298. The normalized spacial score (nSPS) is 10.5. The third-order valence-electron chi connectivity index (χ3n) is 3.32. The SMILES string of the molecule is C=CCn1c(C)cc(OCc2ccc(C)cc2F)c(Cl)c1=O. The van der Waals surface area contributed by atoms with Gasteiger partial charge in [0.15, 0.2) is 0 Å². The van der Waals surface area contributed by atoms with Crippen molar-refractivity contribution in [2.75, 3.05) is 0 Å². The Kier molecular flexibility index (Phi) is 5.03. The monoisotopic (exact) mass is 321 g/mol. The maximum Gasteiger partial charge on any atom is 0.273 e. The molecule has 1 heterocycles. The first kappa shape index (κ1) is 16.3. The van der Waals surface area contributed by atoms with E-state index in [0.29, 0.717) is 17.8 Å². The summed E-state index contributed by atoms with van der Waals surface area (Å²) in [4.78, 5) is 12.2. The molecule has 0 fully saturated rings. The van der Waals surface area contributed by atoms with Crippen molar-refractivity contribution >= 4 is 11.6 Å². The molecule has 0 saturated carbocycles. The van der Waals surface area contributed by atoms with Crippen LogP contribution in [0, 0.1) is 19.7 Å². The zero-order valence-electron chi connectivity index (χ0n) is 12.5. The van der Waals surface area contributed by atoms with Crippen molar-refractivity contribution in [1.82, 2.24) is 4.57 Å². The fraction of sp³-hybridized carbons (Fsp3) is 0.235. The molecule has 1 aromatic carbocycles. The zero-order chi connectivity index (χ0) is 16.3. The minimum Gasteiger partial charge on any atom is -0.487 e. The minimum atomic E-state index is -0.346. The van der Waals surface area contributed by atoms with Crippen LogP contribution in [-0.4, -0.2) is 4.57 Å². The van der Waals surface area contributed by atoms with Crippen molar-refractivity contribution in [1.29, 1.82) is 0 Å². The number of aromatic nitrogens is 1. The van der Waals surface area contributed by atoms with Gasteiger partial charge in [0, 0.05) is 23.9 Å². The molecule has 0 aliphatic carbocycles. The fourth-order valence-electron chi connectivity index (χ4n) is 2.10. The molecular weight excluding hydrogens is 305 g/mol. The number of allylic oxidation sites excluding steroid dienone is 1. The Labute approximate surface area is 133 Å². The van der Waals surface area contributed by atoms with Gasteiger partial charge in [-0.2, -0.15) is 0 Å². The number of ether oxygens (including phenoxy) is 1. The highest BCUT2D eigenvalue weighted by atomic mass is 35.5. The van der Waals surface area contributed by atoms with Crippen LogP contribution in [0.25, 0.3) is 0 Å². The highest BCUT2D eigenvalue weighted by Gasteiger charge is 2.12. The lowest BCUT2D eigenvalue weighted by Gasteiger charge is -2.13. The first-order valence-electron chi connectivity index (χ1n) is 6.82. The number of hydrogen-bond donors (Lipinski definition) is 0. The van der Waals surface area contributed by atoms with Crippen molar-refractivity contribution in [2.45, 2.75) is 27.0 Å². The van der Waals surface area contributed by atoms with Crippen LogP contribution >= 0.6 is 11.6 Å². The molecule has 22 heavy (non-hydrogen) atoms. The Bertz CT molecular complexity index is 768. The highest BCUT2D eigenvalue weighted by molar-refractivity contribution is 6.31. The molecule has 0 aliphatic rings. The number of benzene rings is 1. The summed E-state index contributed by atoms with van der Waals surface area (Å²) in [5.41, 5.74) is 1.60. The molecule has 0 amide bonds. The summed E-state index contributed by atoms with van der Waals surface area (Å²) in [5.74, 6) is -0.0858. The van der Waals surface area contributed by atoms with Gasteiger partial charge in [0.05, 0.1) is 0 Å². The lowest BCUT2D eigenvalue weighted by atomic mass is 10.1. The molecule has 3 nitrogen and oxygen atoms in total. The molecule has 5 heteroatoms. The summed E-state index contributed by atoms with van der Waals surface area (Å²) >= 11 is 6.05. The Morgan fingerprint density at radius 2 is 2.09 bits per heavy atom. The van der Waals surface area contributed by atoms with Crippen molar-refractivity contribution in [3.05, 3.63) is 74.9 Å². The highest BCUT2D eigenvalue weighted by Crippen LogP contribution is 2.23. The van der Waals surface area contributed by atoms with Crippen LogP contribution in [0.3, 0.4) is 0 Å². The topological polar surface area (TPSA) is 31.2 Å². The van der Waals surface area contributed by atoms with Crippen LogP contribution in [0.4, 0.5) is 4.39 Å². The van der Waals surface area contributed by atoms with Crippen LogP contribution in [-0.2, 0) is 13.2 Å². The Morgan fingerprint density at radius 1 is 1.36 bits per heavy atom. The molecule has 2 aromatic rings. The predicted octanol–water partition coefficient (Wildman–Crippen LogP) is 4.02. The van der Waals surface area contributed by atoms with Crippen LogP contribution in [0.5, 0.6) is 5.75 Å². The number of rotatable bonds is 5. The van der Waals surface area contributed by atoms with Gasteiger partial charge in [-0.05, 0) is 25.5 Å².